The number of benzene rings is 1. The Morgan fingerprint density at radius 2 is 2.11 bits per heavy atom. The van der Waals surface area contributed by atoms with Gasteiger partial charge >= 0.3 is 0 Å². The fraction of sp³-hybridized carbons (Fsp3) is 0.522. The zero-order valence-corrected chi connectivity index (χ0v) is 16.4. The molecule has 2 N–H and O–H groups in total. The van der Waals surface area contributed by atoms with Gasteiger partial charge in [-0.1, -0.05) is 18.1 Å². The average Bonchev–Trinajstić information content (AvgIpc) is 3.55. The normalized spacial score (nSPS) is 24.0. The molecule has 3 atom stereocenters. The summed E-state index contributed by atoms with van der Waals surface area (Å²) in [6, 6.07) is 7.81. The molecule has 1 amide bonds. The molecule has 5 nitrogen and oxygen atoms in total. The second-order valence-electron chi connectivity index (χ2n) is 7.45. The van der Waals surface area contributed by atoms with Crippen molar-refractivity contribution in [3.63, 3.8) is 0 Å². The summed E-state index contributed by atoms with van der Waals surface area (Å²) >= 11 is 0. The van der Waals surface area contributed by atoms with E-state index >= 15 is 0 Å². The van der Waals surface area contributed by atoms with Crippen molar-refractivity contribution in [2.75, 3.05) is 19.8 Å². The lowest BCUT2D eigenvalue weighted by Crippen LogP contribution is -2.39. The molecule has 5 heteroatoms. The lowest BCUT2D eigenvalue weighted by Gasteiger charge is -2.37. The Morgan fingerprint density at radius 1 is 1.36 bits per heavy atom. The van der Waals surface area contributed by atoms with E-state index in [0.717, 1.165) is 17.5 Å². The van der Waals surface area contributed by atoms with E-state index in [2.05, 4.69) is 11.2 Å². The van der Waals surface area contributed by atoms with Gasteiger partial charge in [-0.2, -0.15) is 0 Å². The molecule has 1 aromatic rings. The molecule has 1 saturated carbocycles. The number of amides is 1. The number of ether oxygens (including phenoxy) is 2. The minimum Gasteiger partial charge on any atom is -0.459 e. The number of hydrogen-bond donors (Lipinski definition) is 2. The zero-order chi connectivity index (χ0) is 19.9. The standard InChI is InChI=1S/C23H29NO4/c1-3-16-9-11-18(12-10-16)20-14-21(22(26)24-15-17-7-8-17)28-23(27-4-2)19(20)6-5-13-25/h1,9-12,14,17,19-20,23,25H,4-8,13,15H2,2H3,(H,24,26)/t19-,20-,23-/m0/s1. The fourth-order valence-corrected chi connectivity index (χ4v) is 3.59. The molecule has 1 heterocycles. The molecule has 0 saturated heterocycles. The maximum Gasteiger partial charge on any atom is 0.286 e. The molecule has 1 aliphatic heterocycles. The van der Waals surface area contributed by atoms with Gasteiger partial charge in [0.25, 0.3) is 5.91 Å². The second-order valence-corrected chi connectivity index (χ2v) is 7.45. The van der Waals surface area contributed by atoms with Gasteiger partial charge in [0.05, 0.1) is 0 Å². The molecule has 2 aliphatic rings. The number of carbonyl (C=O) groups excluding carboxylic acids is 1. The largest absolute Gasteiger partial charge is 0.459 e. The van der Waals surface area contributed by atoms with E-state index < -0.39 is 6.29 Å². The van der Waals surface area contributed by atoms with E-state index in [-0.39, 0.29) is 24.3 Å². The van der Waals surface area contributed by atoms with E-state index in [4.69, 9.17) is 15.9 Å². The number of nitrogens with one attached hydrogen (secondary N) is 1. The smallest absolute Gasteiger partial charge is 0.286 e. The molecule has 1 aliphatic carbocycles. The van der Waals surface area contributed by atoms with Crippen LogP contribution in [0, 0.1) is 24.2 Å². The van der Waals surface area contributed by atoms with Crippen LogP contribution in [0.5, 0.6) is 0 Å². The van der Waals surface area contributed by atoms with Gasteiger partial charge in [0.2, 0.25) is 6.29 Å². The first-order chi connectivity index (χ1) is 13.7. The predicted molar refractivity (Wildman–Crippen MR) is 107 cm³/mol. The van der Waals surface area contributed by atoms with Crippen LogP contribution in [-0.4, -0.2) is 37.1 Å². The number of aliphatic hydroxyl groups excluding tert-OH is 1. The van der Waals surface area contributed by atoms with Gasteiger partial charge < -0.3 is 19.9 Å². The Morgan fingerprint density at radius 3 is 2.71 bits per heavy atom. The third-order valence-corrected chi connectivity index (χ3v) is 5.35. The minimum absolute atomic E-state index is 0.00349. The van der Waals surface area contributed by atoms with Crippen LogP contribution in [0.4, 0.5) is 0 Å². The number of rotatable bonds is 9. The summed E-state index contributed by atoms with van der Waals surface area (Å²) in [5.74, 6) is 3.30. The summed E-state index contributed by atoms with van der Waals surface area (Å²) in [6.45, 7) is 3.19. The van der Waals surface area contributed by atoms with E-state index in [1.807, 2.05) is 37.3 Å². The third-order valence-electron chi connectivity index (χ3n) is 5.35. The van der Waals surface area contributed by atoms with Crippen LogP contribution in [0.15, 0.2) is 36.1 Å². The molecule has 0 radical (unpaired) electrons. The predicted octanol–water partition coefficient (Wildman–Crippen LogP) is 2.94. The SMILES string of the molecule is C#Cc1ccc([C@@H]2C=C(C(=O)NCC3CC3)O[C@H](OCC)[C@H]2CCCO)cc1. The molecule has 0 aromatic heterocycles. The highest BCUT2D eigenvalue weighted by Crippen LogP contribution is 2.39. The van der Waals surface area contributed by atoms with Crippen LogP contribution in [0.25, 0.3) is 0 Å². The maximum atomic E-state index is 12.7. The number of carbonyl (C=O) groups is 1. The fourth-order valence-electron chi connectivity index (χ4n) is 3.59. The zero-order valence-electron chi connectivity index (χ0n) is 16.4. The number of terminal acetylenes is 1. The van der Waals surface area contributed by atoms with Crippen LogP contribution in [0.1, 0.15) is 49.7 Å². The molecular formula is C23H29NO4. The molecule has 28 heavy (non-hydrogen) atoms. The second kappa shape index (κ2) is 9.77. The monoisotopic (exact) mass is 383 g/mol. The maximum absolute atomic E-state index is 12.7. The van der Waals surface area contributed by atoms with E-state index in [1.54, 1.807) is 0 Å². The Balaban J connectivity index is 1.87. The van der Waals surface area contributed by atoms with Gasteiger partial charge in [-0.05, 0) is 62.3 Å². The summed E-state index contributed by atoms with van der Waals surface area (Å²) in [5, 5.41) is 12.3. The molecule has 0 spiro atoms. The Bertz CT molecular complexity index is 730. The van der Waals surface area contributed by atoms with Crippen LogP contribution in [0.3, 0.4) is 0 Å². The van der Waals surface area contributed by atoms with Crippen molar-refractivity contribution in [2.24, 2.45) is 11.8 Å². The van der Waals surface area contributed by atoms with Crippen molar-refractivity contribution in [1.82, 2.24) is 5.32 Å². The molecule has 3 rings (SSSR count). The summed E-state index contributed by atoms with van der Waals surface area (Å²) < 4.78 is 11.8. The van der Waals surface area contributed by atoms with Gasteiger partial charge in [-0.3, -0.25) is 4.79 Å². The van der Waals surface area contributed by atoms with Crippen LogP contribution < -0.4 is 5.32 Å². The third kappa shape index (κ3) is 5.15. The first kappa shape index (κ1) is 20.4. The van der Waals surface area contributed by atoms with Crippen molar-refractivity contribution in [1.29, 1.82) is 0 Å². The van der Waals surface area contributed by atoms with Crippen molar-refractivity contribution in [3.8, 4) is 12.3 Å². The lowest BCUT2D eigenvalue weighted by molar-refractivity contribution is -0.166. The van der Waals surface area contributed by atoms with Crippen molar-refractivity contribution >= 4 is 5.91 Å². The average molecular weight is 383 g/mol. The van der Waals surface area contributed by atoms with Crippen molar-refractivity contribution in [3.05, 3.63) is 47.2 Å². The first-order valence-corrected chi connectivity index (χ1v) is 10.1. The van der Waals surface area contributed by atoms with Gasteiger partial charge in [0.15, 0.2) is 5.76 Å². The highest BCUT2D eigenvalue weighted by molar-refractivity contribution is 5.91. The van der Waals surface area contributed by atoms with Gasteiger partial charge in [0, 0.05) is 37.2 Å². The van der Waals surface area contributed by atoms with Crippen LogP contribution in [-0.2, 0) is 14.3 Å². The summed E-state index contributed by atoms with van der Waals surface area (Å²) in [4.78, 5) is 12.7. The number of hydrogen-bond acceptors (Lipinski definition) is 4. The highest BCUT2D eigenvalue weighted by atomic mass is 16.7. The van der Waals surface area contributed by atoms with Crippen LogP contribution >= 0.6 is 0 Å². The van der Waals surface area contributed by atoms with Gasteiger partial charge in [-0.25, -0.2) is 0 Å². The molecule has 0 bridgehead atoms. The Labute approximate surface area is 167 Å². The highest BCUT2D eigenvalue weighted by Gasteiger charge is 2.38. The van der Waals surface area contributed by atoms with E-state index in [0.29, 0.717) is 31.2 Å². The number of aliphatic hydroxyl groups is 1. The molecule has 1 aromatic carbocycles. The quantitative estimate of drug-likeness (QED) is 0.644. The van der Waals surface area contributed by atoms with E-state index in [9.17, 15) is 9.90 Å². The summed E-state index contributed by atoms with van der Waals surface area (Å²) in [6.07, 6.45) is 10.6. The van der Waals surface area contributed by atoms with Gasteiger partial charge in [0.1, 0.15) is 0 Å². The first-order valence-electron chi connectivity index (χ1n) is 10.1. The van der Waals surface area contributed by atoms with Crippen LogP contribution in [0.2, 0.25) is 0 Å². The lowest BCUT2D eigenvalue weighted by atomic mass is 9.80. The number of allylic oxidation sites excluding steroid dienone is 1. The van der Waals surface area contributed by atoms with Crippen molar-refractivity contribution < 1.29 is 19.4 Å². The summed E-state index contributed by atoms with van der Waals surface area (Å²) in [7, 11) is 0. The topological polar surface area (TPSA) is 67.8 Å². The van der Waals surface area contributed by atoms with E-state index in [1.165, 1.54) is 12.8 Å². The Kier molecular flexibility index (Phi) is 7.13. The molecule has 0 unspecified atom stereocenters. The Hall–Kier alpha value is -2.29. The molecular weight excluding hydrogens is 354 g/mol. The minimum atomic E-state index is -0.527. The summed E-state index contributed by atoms with van der Waals surface area (Å²) in [5.41, 5.74) is 1.87. The van der Waals surface area contributed by atoms with Gasteiger partial charge in [-0.15, -0.1) is 6.42 Å². The van der Waals surface area contributed by atoms with Crippen molar-refractivity contribution in [2.45, 2.75) is 44.8 Å². The molecule has 1 fully saturated rings. The molecule has 150 valence electrons.